The highest BCUT2D eigenvalue weighted by atomic mass is 35.5. The number of amides is 2. The molecule has 0 fully saturated rings. The summed E-state index contributed by atoms with van der Waals surface area (Å²) in [5.41, 5.74) is 1.11. The Bertz CT molecular complexity index is 723. The number of nitrogens with one attached hydrogen (secondary N) is 1. The molecule has 0 bridgehead atoms. The lowest BCUT2D eigenvalue weighted by molar-refractivity contribution is -0.143. The number of carbonyl (C=O) groups is 2. The molecule has 5 nitrogen and oxygen atoms in total. The molecule has 0 aliphatic carbocycles. The number of rotatable bonds is 5. The zero-order valence-corrected chi connectivity index (χ0v) is 14.2. The van der Waals surface area contributed by atoms with E-state index < -0.39 is 11.8 Å². The predicted octanol–water partition coefficient (Wildman–Crippen LogP) is 2.95. The summed E-state index contributed by atoms with van der Waals surface area (Å²) in [4.78, 5) is 25.8. The maximum absolute atomic E-state index is 12.4. The lowest BCUT2D eigenvalue weighted by atomic mass is 10.2. The zero-order valence-electron chi connectivity index (χ0n) is 12.7. The molecule has 0 saturated heterocycles. The molecule has 2 rings (SSSR count). The number of aliphatic hydroxyl groups excluding tert-OH is 1. The van der Waals surface area contributed by atoms with Crippen LogP contribution in [0.3, 0.4) is 0 Å². The minimum atomic E-state index is -0.844. The standard InChI is InChI=1S/C17H16Cl2N2O3/c18-13-6-7-14(19)15(10-13)20-16(23)17(24)21(8-9-22)11-12-4-2-1-3-5-12/h1-7,10,22H,8-9,11H2,(H,20,23). The van der Waals surface area contributed by atoms with E-state index in [0.717, 1.165) is 5.56 Å². The molecule has 2 aromatic carbocycles. The molecule has 7 heteroatoms. The summed E-state index contributed by atoms with van der Waals surface area (Å²) in [7, 11) is 0. The van der Waals surface area contributed by atoms with Crippen LogP contribution in [0.2, 0.25) is 10.0 Å². The first-order valence-corrected chi connectivity index (χ1v) is 7.97. The van der Waals surface area contributed by atoms with E-state index in [1.54, 1.807) is 6.07 Å². The van der Waals surface area contributed by atoms with E-state index in [4.69, 9.17) is 28.3 Å². The Morgan fingerprint density at radius 2 is 1.79 bits per heavy atom. The Morgan fingerprint density at radius 1 is 1.08 bits per heavy atom. The molecule has 2 aromatic rings. The SMILES string of the molecule is O=C(Nc1cc(Cl)ccc1Cl)C(=O)N(CCO)Cc1ccccc1. The van der Waals surface area contributed by atoms with Crippen molar-refractivity contribution >= 4 is 40.7 Å². The van der Waals surface area contributed by atoms with Crippen LogP contribution in [0.25, 0.3) is 0 Å². The highest BCUT2D eigenvalue weighted by Crippen LogP contribution is 2.25. The van der Waals surface area contributed by atoms with Gasteiger partial charge in [0.1, 0.15) is 0 Å². The first kappa shape index (κ1) is 18.3. The normalized spacial score (nSPS) is 10.3. The molecule has 0 aliphatic rings. The summed E-state index contributed by atoms with van der Waals surface area (Å²) >= 11 is 11.8. The first-order valence-electron chi connectivity index (χ1n) is 7.21. The van der Waals surface area contributed by atoms with Gasteiger partial charge in [0.15, 0.2) is 0 Å². The molecule has 0 atom stereocenters. The number of nitrogens with zero attached hydrogens (tertiary/aromatic N) is 1. The smallest absolute Gasteiger partial charge is 0.313 e. The van der Waals surface area contributed by atoms with Gasteiger partial charge in [-0.15, -0.1) is 0 Å². The Hall–Kier alpha value is -2.08. The Balaban J connectivity index is 2.10. The van der Waals surface area contributed by atoms with Crippen LogP contribution in [0.1, 0.15) is 5.56 Å². The lowest BCUT2D eigenvalue weighted by Crippen LogP contribution is -2.40. The molecule has 126 valence electrons. The number of halogens is 2. The van der Waals surface area contributed by atoms with Crippen molar-refractivity contribution in [1.29, 1.82) is 0 Å². The third kappa shape index (κ3) is 4.96. The molecule has 0 unspecified atom stereocenters. The summed E-state index contributed by atoms with van der Waals surface area (Å²) in [6, 6.07) is 13.8. The van der Waals surface area contributed by atoms with Gasteiger partial charge in [-0.25, -0.2) is 0 Å². The number of hydrogen-bond acceptors (Lipinski definition) is 3. The number of hydrogen-bond donors (Lipinski definition) is 2. The number of carbonyl (C=O) groups excluding carboxylic acids is 2. The van der Waals surface area contributed by atoms with Gasteiger partial charge in [0.25, 0.3) is 0 Å². The second-order valence-corrected chi connectivity index (χ2v) is 5.86. The van der Waals surface area contributed by atoms with Gasteiger partial charge in [-0.3, -0.25) is 9.59 Å². The van der Waals surface area contributed by atoms with Gasteiger partial charge < -0.3 is 15.3 Å². The average molecular weight is 367 g/mol. The van der Waals surface area contributed by atoms with Crippen LogP contribution in [-0.4, -0.2) is 35.0 Å². The summed E-state index contributed by atoms with van der Waals surface area (Å²) in [6.07, 6.45) is 0. The van der Waals surface area contributed by atoms with E-state index in [1.807, 2.05) is 30.3 Å². The second-order valence-electron chi connectivity index (χ2n) is 5.01. The number of aliphatic hydroxyl groups is 1. The van der Waals surface area contributed by atoms with Crippen LogP contribution in [0.5, 0.6) is 0 Å². The fourth-order valence-electron chi connectivity index (χ4n) is 2.09. The van der Waals surface area contributed by atoms with Crippen LogP contribution in [0.4, 0.5) is 5.69 Å². The van der Waals surface area contributed by atoms with Crippen molar-refractivity contribution in [2.75, 3.05) is 18.5 Å². The Morgan fingerprint density at radius 3 is 2.46 bits per heavy atom. The van der Waals surface area contributed by atoms with Crippen LogP contribution in [-0.2, 0) is 16.1 Å². The monoisotopic (exact) mass is 366 g/mol. The van der Waals surface area contributed by atoms with Crippen LogP contribution < -0.4 is 5.32 Å². The molecule has 0 radical (unpaired) electrons. The minimum absolute atomic E-state index is 0.0461. The summed E-state index contributed by atoms with van der Waals surface area (Å²) in [6.45, 7) is 0.0190. The molecule has 0 heterocycles. The van der Waals surface area contributed by atoms with Crippen molar-refractivity contribution in [3.8, 4) is 0 Å². The van der Waals surface area contributed by atoms with Crippen molar-refractivity contribution < 1.29 is 14.7 Å². The number of anilines is 1. The lowest BCUT2D eigenvalue weighted by Gasteiger charge is -2.21. The van der Waals surface area contributed by atoms with Crippen LogP contribution in [0, 0.1) is 0 Å². The van der Waals surface area contributed by atoms with Gasteiger partial charge in [-0.05, 0) is 23.8 Å². The molecule has 2 amide bonds. The molecule has 0 spiro atoms. The highest BCUT2D eigenvalue weighted by Gasteiger charge is 2.22. The van der Waals surface area contributed by atoms with E-state index in [1.165, 1.54) is 17.0 Å². The molecule has 0 aromatic heterocycles. The van der Waals surface area contributed by atoms with Crippen LogP contribution in [0.15, 0.2) is 48.5 Å². The first-order chi connectivity index (χ1) is 11.5. The molecular formula is C17H16Cl2N2O3. The third-order valence-electron chi connectivity index (χ3n) is 3.24. The van der Waals surface area contributed by atoms with Gasteiger partial charge in [0.2, 0.25) is 0 Å². The fourth-order valence-corrected chi connectivity index (χ4v) is 2.43. The van der Waals surface area contributed by atoms with Crippen molar-refractivity contribution in [3.63, 3.8) is 0 Å². The summed E-state index contributed by atoms with van der Waals surface area (Å²) in [5.74, 6) is -1.60. The molecule has 0 saturated carbocycles. The predicted molar refractivity (Wildman–Crippen MR) is 94.0 cm³/mol. The second kappa shape index (κ2) is 8.68. The van der Waals surface area contributed by atoms with Crippen LogP contribution >= 0.6 is 23.2 Å². The molecule has 0 aliphatic heterocycles. The third-order valence-corrected chi connectivity index (χ3v) is 3.81. The van der Waals surface area contributed by atoms with Gasteiger partial charge >= 0.3 is 11.8 Å². The molecular weight excluding hydrogens is 351 g/mol. The fraction of sp³-hybridized carbons (Fsp3) is 0.176. The maximum atomic E-state index is 12.4. The van der Waals surface area contributed by atoms with Gasteiger partial charge in [0.05, 0.1) is 17.3 Å². The Labute approximate surface area is 149 Å². The summed E-state index contributed by atoms with van der Waals surface area (Å²) in [5, 5.41) is 12.3. The molecule has 2 N–H and O–H groups in total. The van der Waals surface area contributed by atoms with Gasteiger partial charge in [0, 0.05) is 18.1 Å². The highest BCUT2D eigenvalue weighted by molar-refractivity contribution is 6.42. The van der Waals surface area contributed by atoms with Crippen molar-refractivity contribution in [2.45, 2.75) is 6.54 Å². The largest absolute Gasteiger partial charge is 0.395 e. The van der Waals surface area contributed by atoms with E-state index in [-0.39, 0.29) is 30.4 Å². The van der Waals surface area contributed by atoms with Crippen molar-refractivity contribution in [2.24, 2.45) is 0 Å². The average Bonchev–Trinajstić information content (AvgIpc) is 2.58. The van der Waals surface area contributed by atoms with E-state index >= 15 is 0 Å². The van der Waals surface area contributed by atoms with E-state index in [9.17, 15) is 9.59 Å². The van der Waals surface area contributed by atoms with Gasteiger partial charge in [-0.2, -0.15) is 0 Å². The minimum Gasteiger partial charge on any atom is -0.395 e. The van der Waals surface area contributed by atoms with E-state index in [2.05, 4.69) is 5.32 Å². The van der Waals surface area contributed by atoms with Gasteiger partial charge in [-0.1, -0.05) is 53.5 Å². The Kier molecular flexibility index (Phi) is 6.61. The quantitative estimate of drug-likeness (QED) is 0.799. The van der Waals surface area contributed by atoms with Crippen molar-refractivity contribution in [1.82, 2.24) is 4.90 Å². The number of benzene rings is 2. The van der Waals surface area contributed by atoms with E-state index in [0.29, 0.717) is 5.02 Å². The van der Waals surface area contributed by atoms with Crippen molar-refractivity contribution in [3.05, 3.63) is 64.1 Å². The zero-order chi connectivity index (χ0) is 17.5. The summed E-state index contributed by atoms with van der Waals surface area (Å²) < 4.78 is 0. The molecule has 24 heavy (non-hydrogen) atoms. The maximum Gasteiger partial charge on any atom is 0.313 e. The topological polar surface area (TPSA) is 69.6 Å².